The molecule has 1 saturated carbocycles. The van der Waals surface area contributed by atoms with Crippen LogP contribution in [0.4, 0.5) is 0 Å². The lowest BCUT2D eigenvalue weighted by Crippen LogP contribution is -2.57. The standard InChI is InChI=1S/C16H34N2O2/c1-4-5-6-7-11-20-13-15(19)12-17-14-16(18(2)3)9-8-10-16/h15,17,19H,4-14H2,1-3H3. The predicted molar refractivity (Wildman–Crippen MR) is 84.1 cm³/mol. The average molecular weight is 286 g/mol. The molecule has 0 radical (unpaired) electrons. The van der Waals surface area contributed by atoms with Crippen molar-refractivity contribution < 1.29 is 9.84 Å². The zero-order chi connectivity index (χ0) is 14.8. The van der Waals surface area contributed by atoms with Crippen molar-refractivity contribution in [1.29, 1.82) is 0 Å². The van der Waals surface area contributed by atoms with Gasteiger partial charge in [0.15, 0.2) is 0 Å². The summed E-state index contributed by atoms with van der Waals surface area (Å²) in [7, 11) is 4.30. The summed E-state index contributed by atoms with van der Waals surface area (Å²) in [4.78, 5) is 2.32. The van der Waals surface area contributed by atoms with Crippen molar-refractivity contribution in [1.82, 2.24) is 10.2 Å². The smallest absolute Gasteiger partial charge is 0.0897 e. The molecule has 0 aromatic carbocycles. The number of rotatable bonds is 12. The molecule has 1 atom stereocenters. The first-order valence-corrected chi connectivity index (χ1v) is 8.24. The SMILES string of the molecule is CCCCCCOCC(O)CNCC1(N(C)C)CCC1. The Kier molecular flexibility index (Phi) is 8.69. The van der Waals surface area contributed by atoms with Gasteiger partial charge in [-0.25, -0.2) is 0 Å². The minimum atomic E-state index is -0.388. The minimum Gasteiger partial charge on any atom is -0.389 e. The van der Waals surface area contributed by atoms with Gasteiger partial charge in [0.25, 0.3) is 0 Å². The Morgan fingerprint density at radius 2 is 2.00 bits per heavy atom. The van der Waals surface area contributed by atoms with Gasteiger partial charge in [0.1, 0.15) is 0 Å². The van der Waals surface area contributed by atoms with Crippen LogP contribution in [0.2, 0.25) is 0 Å². The van der Waals surface area contributed by atoms with E-state index in [2.05, 4.69) is 31.2 Å². The van der Waals surface area contributed by atoms with E-state index >= 15 is 0 Å². The monoisotopic (exact) mass is 286 g/mol. The molecule has 4 nitrogen and oxygen atoms in total. The average Bonchev–Trinajstić information content (AvgIpc) is 2.36. The Labute approximate surface area is 124 Å². The van der Waals surface area contributed by atoms with Crippen molar-refractivity contribution in [3.05, 3.63) is 0 Å². The first-order chi connectivity index (χ1) is 9.60. The minimum absolute atomic E-state index is 0.320. The van der Waals surface area contributed by atoms with Gasteiger partial charge in [-0.05, 0) is 39.8 Å². The summed E-state index contributed by atoms with van der Waals surface area (Å²) in [5.74, 6) is 0. The van der Waals surface area contributed by atoms with Crippen LogP contribution in [-0.4, -0.2) is 62.0 Å². The molecule has 4 heteroatoms. The molecule has 0 amide bonds. The first-order valence-electron chi connectivity index (χ1n) is 8.24. The van der Waals surface area contributed by atoms with E-state index in [4.69, 9.17) is 4.74 Å². The van der Waals surface area contributed by atoms with Gasteiger partial charge in [-0.2, -0.15) is 0 Å². The fourth-order valence-electron chi connectivity index (χ4n) is 2.75. The van der Waals surface area contributed by atoms with Gasteiger partial charge in [-0.3, -0.25) is 0 Å². The highest BCUT2D eigenvalue weighted by atomic mass is 16.5. The van der Waals surface area contributed by atoms with Crippen molar-refractivity contribution in [2.45, 2.75) is 63.5 Å². The van der Waals surface area contributed by atoms with E-state index in [0.29, 0.717) is 18.7 Å². The second kappa shape index (κ2) is 9.72. The summed E-state index contributed by atoms with van der Waals surface area (Å²) < 4.78 is 5.51. The molecule has 1 aliphatic carbocycles. The highest BCUT2D eigenvalue weighted by Crippen LogP contribution is 2.35. The topological polar surface area (TPSA) is 44.7 Å². The number of nitrogens with zero attached hydrogens (tertiary/aromatic N) is 1. The molecule has 1 rings (SSSR count). The number of likely N-dealkylation sites (N-methyl/N-ethyl adjacent to an activating group) is 1. The molecule has 0 saturated heterocycles. The first kappa shape index (κ1) is 17.9. The predicted octanol–water partition coefficient (Wildman–Crippen LogP) is 2.02. The number of aliphatic hydroxyl groups is 1. The summed E-state index contributed by atoms with van der Waals surface area (Å²) in [5.41, 5.74) is 0.320. The Balaban J connectivity index is 1.98. The Bertz CT molecular complexity index is 243. The number of nitrogens with one attached hydrogen (secondary N) is 1. The molecular formula is C16H34N2O2. The van der Waals surface area contributed by atoms with Crippen LogP contribution in [0.1, 0.15) is 51.9 Å². The van der Waals surface area contributed by atoms with E-state index in [-0.39, 0.29) is 6.10 Å². The molecule has 1 fully saturated rings. The number of ether oxygens (including phenoxy) is 1. The molecule has 2 N–H and O–H groups in total. The highest BCUT2D eigenvalue weighted by Gasteiger charge is 2.38. The van der Waals surface area contributed by atoms with E-state index in [1.807, 2.05) is 0 Å². The van der Waals surface area contributed by atoms with Crippen LogP contribution in [0.25, 0.3) is 0 Å². The number of aliphatic hydroxyl groups excluding tert-OH is 1. The normalized spacial score (nSPS) is 19.1. The fourth-order valence-corrected chi connectivity index (χ4v) is 2.75. The van der Waals surface area contributed by atoms with Gasteiger partial charge >= 0.3 is 0 Å². The van der Waals surface area contributed by atoms with Crippen LogP contribution in [0.15, 0.2) is 0 Å². The third kappa shape index (κ3) is 6.08. The van der Waals surface area contributed by atoms with Crippen molar-refractivity contribution in [2.75, 3.05) is 40.4 Å². The van der Waals surface area contributed by atoms with Gasteiger partial charge < -0.3 is 20.1 Å². The zero-order valence-electron chi connectivity index (χ0n) is 13.7. The maximum absolute atomic E-state index is 9.88. The highest BCUT2D eigenvalue weighted by molar-refractivity contribution is 4.97. The summed E-state index contributed by atoms with van der Waals surface area (Å²) in [6.07, 6.45) is 8.33. The second-order valence-electron chi connectivity index (χ2n) is 6.39. The Morgan fingerprint density at radius 1 is 1.25 bits per heavy atom. The van der Waals surface area contributed by atoms with Crippen molar-refractivity contribution >= 4 is 0 Å². The summed E-state index contributed by atoms with van der Waals surface area (Å²) in [6.45, 7) is 5.03. The van der Waals surface area contributed by atoms with Crippen LogP contribution >= 0.6 is 0 Å². The largest absolute Gasteiger partial charge is 0.389 e. The van der Waals surface area contributed by atoms with Crippen LogP contribution in [0, 0.1) is 0 Å². The second-order valence-corrected chi connectivity index (χ2v) is 6.39. The molecule has 0 aliphatic heterocycles. The van der Waals surface area contributed by atoms with Crippen molar-refractivity contribution in [2.24, 2.45) is 0 Å². The van der Waals surface area contributed by atoms with E-state index in [1.54, 1.807) is 0 Å². The number of hydrogen-bond acceptors (Lipinski definition) is 4. The molecule has 0 aromatic heterocycles. The van der Waals surface area contributed by atoms with Crippen LogP contribution < -0.4 is 5.32 Å². The number of unbranched alkanes of at least 4 members (excludes halogenated alkanes) is 3. The van der Waals surface area contributed by atoms with Gasteiger partial charge in [0.05, 0.1) is 12.7 Å². The third-order valence-electron chi connectivity index (χ3n) is 4.52. The summed E-state index contributed by atoms with van der Waals surface area (Å²) in [6, 6.07) is 0. The lowest BCUT2D eigenvalue weighted by molar-refractivity contribution is 0.0259. The third-order valence-corrected chi connectivity index (χ3v) is 4.52. The van der Waals surface area contributed by atoms with E-state index < -0.39 is 0 Å². The Hall–Kier alpha value is -0.160. The van der Waals surface area contributed by atoms with E-state index in [0.717, 1.165) is 19.6 Å². The van der Waals surface area contributed by atoms with Crippen LogP contribution in [-0.2, 0) is 4.74 Å². The summed E-state index contributed by atoms with van der Waals surface area (Å²) >= 11 is 0. The molecule has 0 heterocycles. The molecule has 0 bridgehead atoms. The lowest BCUT2D eigenvalue weighted by Gasteiger charge is -2.47. The van der Waals surface area contributed by atoms with Gasteiger partial charge in [0, 0.05) is 25.2 Å². The van der Waals surface area contributed by atoms with Crippen molar-refractivity contribution in [3.63, 3.8) is 0 Å². The fraction of sp³-hybridized carbons (Fsp3) is 1.00. The molecule has 20 heavy (non-hydrogen) atoms. The van der Waals surface area contributed by atoms with E-state index in [1.165, 1.54) is 38.5 Å². The van der Waals surface area contributed by atoms with Gasteiger partial charge in [0.2, 0.25) is 0 Å². The Morgan fingerprint density at radius 3 is 2.55 bits per heavy atom. The maximum Gasteiger partial charge on any atom is 0.0897 e. The molecule has 1 aliphatic rings. The lowest BCUT2D eigenvalue weighted by atomic mass is 9.75. The van der Waals surface area contributed by atoms with Gasteiger partial charge in [-0.15, -0.1) is 0 Å². The van der Waals surface area contributed by atoms with Gasteiger partial charge in [-0.1, -0.05) is 26.2 Å². The molecule has 0 spiro atoms. The molecule has 1 unspecified atom stereocenters. The van der Waals surface area contributed by atoms with Crippen LogP contribution in [0.3, 0.4) is 0 Å². The number of hydrogen-bond donors (Lipinski definition) is 2. The molecule has 0 aromatic rings. The zero-order valence-corrected chi connectivity index (χ0v) is 13.7. The van der Waals surface area contributed by atoms with Crippen molar-refractivity contribution in [3.8, 4) is 0 Å². The summed E-state index contributed by atoms with van der Waals surface area (Å²) in [5, 5.41) is 13.3. The molecule has 120 valence electrons. The molecular weight excluding hydrogens is 252 g/mol. The van der Waals surface area contributed by atoms with Crippen LogP contribution in [0.5, 0.6) is 0 Å². The quantitative estimate of drug-likeness (QED) is 0.539. The maximum atomic E-state index is 9.88. The van der Waals surface area contributed by atoms with E-state index in [9.17, 15) is 5.11 Å².